The molecule has 1 N–H and O–H groups in total. The molecule has 0 aromatic carbocycles. The summed E-state index contributed by atoms with van der Waals surface area (Å²) in [7, 11) is 0. The van der Waals surface area contributed by atoms with Gasteiger partial charge in [-0.1, -0.05) is 19.4 Å². The molecule has 0 aromatic rings. The van der Waals surface area contributed by atoms with Crippen molar-refractivity contribution in [3.8, 4) is 0 Å². The second kappa shape index (κ2) is 5.03. The van der Waals surface area contributed by atoms with E-state index in [4.69, 9.17) is 0 Å². The summed E-state index contributed by atoms with van der Waals surface area (Å²) in [5.74, 6) is 1.68. The topological polar surface area (TPSA) is 54.4 Å². The third-order valence-electron chi connectivity index (χ3n) is 8.77. The van der Waals surface area contributed by atoms with Crippen LogP contribution in [0.3, 0.4) is 0 Å². The normalized spacial score (nSPS) is 53.7. The molecule has 7 atom stereocenters. The molecule has 132 valence electrons. The molecule has 3 nitrogen and oxygen atoms in total. The van der Waals surface area contributed by atoms with Gasteiger partial charge in [-0.2, -0.15) is 0 Å². The average Bonchev–Trinajstić information content (AvgIpc) is 2.77. The second-order valence-corrected chi connectivity index (χ2v) is 9.48. The highest BCUT2D eigenvalue weighted by atomic mass is 16.3. The van der Waals surface area contributed by atoms with Crippen molar-refractivity contribution in [2.45, 2.75) is 71.3 Å². The second-order valence-electron chi connectivity index (χ2n) is 9.48. The highest BCUT2D eigenvalue weighted by Gasteiger charge is 2.64. The number of rotatable bonds is 1. The van der Waals surface area contributed by atoms with E-state index in [0.29, 0.717) is 24.2 Å². The van der Waals surface area contributed by atoms with Crippen LogP contribution in [-0.2, 0) is 9.59 Å². The highest BCUT2D eigenvalue weighted by molar-refractivity contribution is 5.94. The molecule has 0 aliphatic heterocycles. The van der Waals surface area contributed by atoms with Crippen molar-refractivity contribution in [2.24, 2.45) is 34.5 Å². The van der Waals surface area contributed by atoms with Gasteiger partial charge in [0.05, 0.1) is 11.0 Å². The van der Waals surface area contributed by atoms with E-state index in [1.807, 2.05) is 6.92 Å². The van der Waals surface area contributed by atoms with Crippen LogP contribution in [0.25, 0.3) is 0 Å². The van der Waals surface area contributed by atoms with Crippen molar-refractivity contribution in [3.05, 3.63) is 11.6 Å². The smallest absolute Gasteiger partial charge is 0.155 e. The van der Waals surface area contributed by atoms with Crippen LogP contribution in [0.15, 0.2) is 11.6 Å². The van der Waals surface area contributed by atoms with Crippen molar-refractivity contribution >= 4 is 12.1 Å². The van der Waals surface area contributed by atoms with Crippen LogP contribution in [-0.4, -0.2) is 22.8 Å². The lowest BCUT2D eigenvalue weighted by molar-refractivity contribution is -0.143. The first-order valence-electron chi connectivity index (χ1n) is 9.69. The summed E-state index contributed by atoms with van der Waals surface area (Å²) in [4.78, 5) is 24.4. The van der Waals surface area contributed by atoms with Gasteiger partial charge in [0.1, 0.15) is 6.29 Å². The van der Waals surface area contributed by atoms with Crippen molar-refractivity contribution in [1.29, 1.82) is 0 Å². The van der Waals surface area contributed by atoms with E-state index in [-0.39, 0.29) is 17.1 Å². The summed E-state index contributed by atoms with van der Waals surface area (Å²) in [6.45, 7) is 6.38. The first kappa shape index (κ1) is 16.5. The van der Waals surface area contributed by atoms with Crippen LogP contribution in [0.2, 0.25) is 0 Å². The molecule has 4 aliphatic rings. The number of carbonyl (C=O) groups excluding carboxylic acids is 2. The summed E-state index contributed by atoms with van der Waals surface area (Å²) in [6, 6.07) is 0. The van der Waals surface area contributed by atoms with Gasteiger partial charge in [-0.15, -0.1) is 0 Å². The van der Waals surface area contributed by atoms with Crippen molar-refractivity contribution in [2.75, 3.05) is 0 Å². The van der Waals surface area contributed by atoms with E-state index in [0.717, 1.165) is 44.1 Å². The molecule has 3 heteroatoms. The van der Waals surface area contributed by atoms with Gasteiger partial charge in [-0.05, 0) is 80.6 Å². The van der Waals surface area contributed by atoms with E-state index in [9.17, 15) is 14.7 Å². The first-order chi connectivity index (χ1) is 11.3. The largest absolute Gasteiger partial charge is 0.390 e. The molecule has 4 rings (SSSR count). The summed E-state index contributed by atoms with van der Waals surface area (Å²) in [6.07, 6.45) is 9.40. The van der Waals surface area contributed by atoms with Crippen molar-refractivity contribution < 1.29 is 14.7 Å². The SMILES string of the molecule is CC1CC(=O)C=C2CC[C@@H]3[C@@H](CC[C@@]4(C)[C@H]3CCC4(C)O)[C@]21C=O. The van der Waals surface area contributed by atoms with Gasteiger partial charge in [-0.3, -0.25) is 4.79 Å². The number of allylic oxidation sites excluding steroid dienone is 1. The number of ketones is 1. The Balaban J connectivity index is 1.77. The number of hydrogen-bond donors (Lipinski definition) is 1. The molecular formula is C21H30O3. The average molecular weight is 330 g/mol. The third kappa shape index (κ3) is 1.83. The minimum atomic E-state index is -0.582. The molecule has 0 radical (unpaired) electrons. The Kier molecular flexibility index (Phi) is 3.46. The van der Waals surface area contributed by atoms with Crippen LogP contribution in [0.1, 0.15) is 65.7 Å². The van der Waals surface area contributed by atoms with Gasteiger partial charge >= 0.3 is 0 Å². The van der Waals surface area contributed by atoms with Gasteiger partial charge in [-0.25, -0.2) is 0 Å². The maximum atomic E-state index is 12.4. The monoisotopic (exact) mass is 330 g/mol. The zero-order valence-corrected chi connectivity index (χ0v) is 15.2. The van der Waals surface area contributed by atoms with Crippen LogP contribution in [0.4, 0.5) is 0 Å². The summed E-state index contributed by atoms with van der Waals surface area (Å²) in [5.41, 5.74) is 0.0805. The Morgan fingerprint density at radius 3 is 2.58 bits per heavy atom. The Labute approximate surface area is 144 Å². The fourth-order valence-corrected chi connectivity index (χ4v) is 7.19. The minimum absolute atomic E-state index is 0.0207. The van der Waals surface area contributed by atoms with Crippen LogP contribution in [0.5, 0.6) is 0 Å². The predicted molar refractivity (Wildman–Crippen MR) is 92.3 cm³/mol. The summed E-state index contributed by atoms with van der Waals surface area (Å²) >= 11 is 0. The van der Waals surface area contributed by atoms with Crippen molar-refractivity contribution in [3.63, 3.8) is 0 Å². The molecule has 0 spiro atoms. The van der Waals surface area contributed by atoms with E-state index in [1.54, 1.807) is 6.08 Å². The minimum Gasteiger partial charge on any atom is -0.390 e. The van der Waals surface area contributed by atoms with Gasteiger partial charge in [0.2, 0.25) is 0 Å². The lowest BCUT2D eigenvalue weighted by Gasteiger charge is -2.59. The molecule has 0 aromatic heterocycles. The Morgan fingerprint density at radius 1 is 1.17 bits per heavy atom. The van der Waals surface area contributed by atoms with Gasteiger partial charge in [0.15, 0.2) is 5.78 Å². The number of carbonyl (C=O) groups is 2. The third-order valence-corrected chi connectivity index (χ3v) is 8.77. The Hall–Kier alpha value is -0.960. The number of aldehydes is 1. The fourth-order valence-electron chi connectivity index (χ4n) is 7.19. The number of fused-ring (bicyclic) bond motifs is 5. The van der Waals surface area contributed by atoms with Crippen LogP contribution >= 0.6 is 0 Å². The summed E-state index contributed by atoms with van der Waals surface area (Å²) in [5, 5.41) is 11.0. The van der Waals surface area contributed by atoms with E-state index >= 15 is 0 Å². The zero-order valence-electron chi connectivity index (χ0n) is 15.2. The number of hydrogen-bond acceptors (Lipinski definition) is 3. The molecule has 0 bridgehead atoms. The van der Waals surface area contributed by atoms with E-state index in [1.165, 1.54) is 6.29 Å². The van der Waals surface area contributed by atoms with E-state index < -0.39 is 11.0 Å². The van der Waals surface area contributed by atoms with Crippen molar-refractivity contribution in [1.82, 2.24) is 0 Å². The van der Waals surface area contributed by atoms with E-state index in [2.05, 4.69) is 13.8 Å². The van der Waals surface area contributed by atoms with Gasteiger partial charge in [0, 0.05) is 6.42 Å². The molecule has 24 heavy (non-hydrogen) atoms. The lowest BCUT2D eigenvalue weighted by Crippen LogP contribution is -2.57. The maximum absolute atomic E-state index is 12.4. The highest BCUT2D eigenvalue weighted by Crippen LogP contribution is 2.67. The fraction of sp³-hybridized carbons (Fsp3) is 0.810. The maximum Gasteiger partial charge on any atom is 0.155 e. The number of aliphatic hydroxyl groups is 1. The van der Waals surface area contributed by atoms with Gasteiger partial charge < -0.3 is 9.90 Å². The van der Waals surface area contributed by atoms with Gasteiger partial charge in [0.25, 0.3) is 0 Å². The quantitative estimate of drug-likeness (QED) is 0.746. The lowest BCUT2D eigenvalue weighted by atomic mass is 9.44. The Morgan fingerprint density at radius 2 is 1.88 bits per heavy atom. The Bertz CT molecular complexity index is 619. The zero-order chi connectivity index (χ0) is 17.3. The summed E-state index contributed by atoms with van der Waals surface area (Å²) < 4.78 is 0. The molecule has 3 saturated carbocycles. The first-order valence-corrected chi connectivity index (χ1v) is 9.69. The molecule has 0 saturated heterocycles. The molecule has 0 amide bonds. The standard InChI is InChI=1S/C21H30O3/c1-13-10-15(23)11-14-4-5-16-17-7-9-20(3,24)19(17,2)8-6-18(16)21(13,14)12-22/h11-13,16-18,24H,4-10H2,1-3H3/t13?,16-,17-,18+,19-,20?,21-/m0/s1. The molecular weight excluding hydrogens is 300 g/mol. The van der Waals surface area contributed by atoms with Crippen LogP contribution < -0.4 is 0 Å². The molecule has 0 heterocycles. The van der Waals surface area contributed by atoms with Crippen LogP contribution in [0, 0.1) is 34.5 Å². The molecule has 3 fully saturated rings. The molecule has 2 unspecified atom stereocenters. The predicted octanol–water partition coefficient (Wildman–Crippen LogP) is 3.69. The molecule has 4 aliphatic carbocycles.